The molecule has 1 aliphatic heterocycles. The molecule has 10 heteroatoms. The van der Waals surface area contributed by atoms with Crippen LogP contribution < -0.4 is 26.7 Å². The van der Waals surface area contributed by atoms with Crippen molar-refractivity contribution in [1.82, 2.24) is 15.2 Å². The van der Waals surface area contributed by atoms with Gasteiger partial charge in [-0.25, -0.2) is 4.57 Å². The Hall–Kier alpha value is -3.21. The van der Waals surface area contributed by atoms with Gasteiger partial charge < -0.3 is 21.1 Å². The molecule has 2 atom stereocenters. The lowest BCUT2D eigenvalue weighted by Gasteiger charge is -2.17. The van der Waals surface area contributed by atoms with Crippen molar-refractivity contribution < 1.29 is 14.3 Å². The van der Waals surface area contributed by atoms with E-state index in [0.29, 0.717) is 23.1 Å². The van der Waals surface area contributed by atoms with Crippen LogP contribution in [0.3, 0.4) is 0 Å². The van der Waals surface area contributed by atoms with Crippen LogP contribution in [-0.4, -0.2) is 71.9 Å². The fraction of sp³-hybridized carbons (Fsp3) is 0.467. The van der Waals surface area contributed by atoms with Gasteiger partial charge in [-0.3, -0.25) is 19.4 Å². The van der Waals surface area contributed by atoms with Gasteiger partial charge in [0.1, 0.15) is 5.75 Å². The minimum absolute atomic E-state index is 0.0681. The Morgan fingerprint density at radius 1 is 1.20 bits per heavy atom. The number of nitrogens with zero attached hydrogens (tertiary/aromatic N) is 2. The van der Waals surface area contributed by atoms with Gasteiger partial charge >= 0.3 is 0 Å². The molecule has 4 N–H and O–H groups in total. The Kier molecular flexibility index (Phi) is 10.7. The second-order valence-electron chi connectivity index (χ2n) is 10.3. The Labute approximate surface area is 239 Å². The number of ether oxygens (including phenoxy) is 1. The maximum atomic E-state index is 12.9. The van der Waals surface area contributed by atoms with Crippen LogP contribution in [0.25, 0.3) is 10.9 Å². The molecule has 0 spiro atoms. The molecule has 0 fully saturated rings. The average Bonchev–Trinajstić information content (AvgIpc) is 3.44. The van der Waals surface area contributed by atoms with Crippen LogP contribution >= 0.6 is 11.8 Å². The molecule has 9 nitrogen and oxygen atoms in total. The minimum atomic E-state index is -0.725. The number of rotatable bonds is 13. The van der Waals surface area contributed by atoms with Crippen LogP contribution in [0, 0.1) is 5.92 Å². The molecule has 0 bridgehead atoms. The van der Waals surface area contributed by atoms with Crippen molar-refractivity contribution >= 4 is 40.2 Å². The number of carbonyl (C=O) groups excluding carboxylic acids is 2. The van der Waals surface area contributed by atoms with Crippen molar-refractivity contribution in [3.63, 3.8) is 0 Å². The molecule has 214 valence electrons. The molecule has 2 unspecified atom stereocenters. The van der Waals surface area contributed by atoms with Gasteiger partial charge in [-0.05, 0) is 67.0 Å². The Balaban J connectivity index is 1.22. The number of hydrogen-bond acceptors (Lipinski definition) is 8. The number of fused-ring (bicyclic) bond motifs is 2. The number of carbonyl (C=O) groups is 2. The number of benzene rings is 1. The highest BCUT2D eigenvalue weighted by atomic mass is 32.2. The molecule has 0 radical (unpaired) electrons. The van der Waals surface area contributed by atoms with Crippen molar-refractivity contribution in [2.24, 2.45) is 16.6 Å². The van der Waals surface area contributed by atoms with E-state index in [-0.39, 0.29) is 12.5 Å². The first-order valence-electron chi connectivity index (χ1n) is 13.9. The summed E-state index contributed by atoms with van der Waals surface area (Å²) in [5.41, 5.74) is 8.35. The summed E-state index contributed by atoms with van der Waals surface area (Å²) in [6.45, 7) is 6.32. The van der Waals surface area contributed by atoms with Crippen LogP contribution in [0.2, 0.25) is 0 Å². The van der Waals surface area contributed by atoms with E-state index in [1.807, 2.05) is 37.7 Å². The molecule has 0 saturated heterocycles. The summed E-state index contributed by atoms with van der Waals surface area (Å²) in [5, 5.41) is 7.29. The van der Waals surface area contributed by atoms with Gasteiger partial charge in [-0.1, -0.05) is 26.0 Å². The second kappa shape index (κ2) is 14.4. The first-order valence-corrected chi connectivity index (χ1v) is 15.0. The van der Waals surface area contributed by atoms with Gasteiger partial charge in [0, 0.05) is 29.7 Å². The van der Waals surface area contributed by atoms with E-state index in [2.05, 4.69) is 28.9 Å². The Bertz CT molecular complexity index is 1360. The smallest absolute Gasteiger partial charge is 0.257 e. The molecule has 2 aliphatic rings. The van der Waals surface area contributed by atoms with Crippen LogP contribution in [-0.2, 0) is 4.79 Å². The maximum absolute atomic E-state index is 12.9. The average molecular weight is 566 g/mol. The predicted octanol–water partition coefficient (Wildman–Crippen LogP) is 2.93. The first-order chi connectivity index (χ1) is 19.3. The zero-order valence-corrected chi connectivity index (χ0v) is 24.0. The summed E-state index contributed by atoms with van der Waals surface area (Å²) in [4.78, 5) is 42.4. The molecule has 2 aromatic rings. The Morgan fingerprint density at radius 2 is 2.02 bits per heavy atom. The van der Waals surface area contributed by atoms with Gasteiger partial charge in [0.25, 0.3) is 11.5 Å². The third-order valence-electron chi connectivity index (χ3n) is 7.01. The van der Waals surface area contributed by atoms with E-state index in [4.69, 9.17) is 15.5 Å². The van der Waals surface area contributed by atoms with E-state index >= 15 is 0 Å². The molecule has 40 heavy (non-hydrogen) atoms. The number of nitrogens with two attached hydrogens (primary N) is 1. The first kappa shape index (κ1) is 29.8. The SMILES string of the molecule is CC(C)C(N)C(=O)NCC(=O)n1c(=O)ccc2ccc(OCCCCNCCN=C3C=CCC4SCC=C34)cc21. The third-order valence-corrected chi connectivity index (χ3v) is 8.22. The molecule has 1 aliphatic carbocycles. The zero-order chi connectivity index (χ0) is 28.5. The molecule has 4 rings (SSSR count). The van der Waals surface area contributed by atoms with Gasteiger partial charge in [-0.2, -0.15) is 0 Å². The standard InChI is InChI=1S/C30H39N5O4S/c1-20(2)29(31)30(38)34-19-28(37)35-25-18-22(10-8-21(25)9-11-27(35)36)39-16-4-3-13-32-14-15-33-24-6-5-7-26-23(24)12-17-40-26/h5-6,8-12,18,20,26,29,32H,3-4,7,13-17,19,31H2,1-2H3,(H,34,38). The molecule has 1 aromatic heterocycles. The Morgan fingerprint density at radius 3 is 2.85 bits per heavy atom. The number of aliphatic imine (C=N–C) groups is 1. The van der Waals surface area contributed by atoms with Crippen LogP contribution in [0.15, 0.2) is 63.9 Å². The number of pyridine rings is 1. The highest BCUT2D eigenvalue weighted by Crippen LogP contribution is 2.33. The van der Waals surface area contributed by atoms with E-state index in [1.54, 1.807) is 12.1 Å². The second-order valence-corrected chi connectivity index (χ2v) is 11.5. The van der Waals surface area contributed by atoms with E-state index in [1.165, 1.54) is 11.6 Å². The summed E-state index contributed by atoms with van der Waals surface area (Å²) in [6.07, 6.45) is 9.60. The van der Waals surface area contributed by atoms with Crippen molar-refractivity contribution in [2.75, 3.05) is 38.5 Å². The van der Waals surface area contributed by atoms with Crippen LogP contribution in [0.1, 0.15) is 37.9 Å². The van der Waals surface area contributed by atoms with Gasteiger partial charge in [0.15, 0.2) is 0 Å². The maximum Gasteiger partial charge on any atom is 0.257 e. The topological polar surface area (TPSA) is 128 Å². The lowest BCUT2D eigenvalue weighted by Crippen LogP contribution is -2.46. The summed E-state index contributed by atoms with van der Waals surface area (Å²) in [7, 11) is 0. The van der Waals surface area contributed by atoms with Crippen LogP contribution in [0.4, 0.5) is 0 Å². The predicted molar refractivity (Wildman–Crippen MR) is 163 cm³/mol. The highest BCUT2D eigenvalue weighted by Gasteiger charge is 2.24. The lowest BCUT2D eigenvalue weighted by molar-refractivity contribution is -0.123. The summed E-state index contributed by atoms with van der Waals surface area (Å²) in [5.74, 6) is 0.635. The third kappa shape index (κ3) is 7.71. The van der Waals surface area contributed by atoms with Crippen molar-refractivity contribution in [2.45, 2.75) is 44.4 Å². The van der Waals surface area contributed by atoms with Gasteiger partial charge in [-0.15, -0.1) is 11.8 Å². The van der Waals surface area contributed by atoms with Crippen molar-refractivity contribution in [3.05, 3.63) is 64.5 Å². The molecule has 2 heterocycles. The molecule has 1 amide bonds. The number of nitrogens with one attached hydrogen (secondary N) is 2. The summed E-state index contributed by atoms with van der Waals surface area (Å²) >= 11 is 1.99. The summed E-state index contributed by atoms with van der Waals surface area (Å²) in [6, 6.07) is 7.61. The van der Waals surface area contributed by atoms with Gasteiger partial charge in [0.05, 0.1) is 37.0 Å². The molecule has 0 saturated carbocycles. The molecular formula is C30H39N5O4S. The van der Waals surface area contributed by atoms with Crippen molar-refractivity contribution in [1.29, 1.82) is 0 Å². The van der Waals surface area contributed by atoms with Crippen molar-refractivity contribution in [3.8, 4) is 5.75 Å². The number of hydrogen-bond donors (Lipinski definition) is 3. The number of aromatic nitrogens is 1. The monoisotopic (exact) mass is 565 g/mol. The van der Waals surface area contributed by atoms with E-state index in [0.717, 1.165) is 60.3 Å². The zero-order valence-electron chi connectivity index (χ0n) is 23.2. The van der Waals surface area contributed by atoms with Crippen LogP contribution in [0.5, 0.6) is 5.75 Å². The van der Waals surface area contributed by atoms with E-state index in [9.17, 15) is 14.4 Å². The normalized spacial score (nSPS) is 18.1. The fourth-order valence-electron chi connectivity index (χ4n) is 4.63. The summed E-state index contributed by atoms with van der Waals surface area (Å²) < 4.78 is 6.98. The number of allylic oxidation sites excluding steroid dienone is 2. The van der Waals surface area contributed by atoms with E-state index < -0.39 is 23.4 Å². The van der Waals surface area contributed by atoms with Gasteiger partial charge in [0.2, 0.25) is 5.91 Å². The molecular weight excluding hydrogens is 526 g/mol. The highest BCUT2D eigenvalue weighted by molar-refractivity contribution is 8.00. The largest absolute Gasteiger partial charge is 0.494 e. The fourth-order valence-corrected chi connectivity index (χ4v) is 5.78. The number of amides is 1. The lowest BCUT2D eigenvalue weighted by atomic mass is 9.98. The number of unbranched alkanes of at least 4 members (excludes halogenated alkanes) is 1. The molecule has 1 aromatic carbocycles. The number of thioether (sulfide) groups is 1. The minimum Gasteiger partial charge on any atom is -0.494 e. The quantitative estimate of drug-likeness (QED) is 0.319.